The Bertz CT molecular complexity index is 2710. The molecule has 0 unspecified atom stereocenters. The minimum atomic E-state index is -2.21. The van der Waals surface area contributed by atoms with Gasteiger partial charge in [-0.05, 0) is 82.7 Å². The van der Waals surface area contributed by atoms with Gasteiger partial charge >= 0.3 is 0 Å². The van der Waals surface area contributed by atoms with Crippen molar-refractivity contribution in [3.8, 4) is 50.5 Å². The minimum absolute atomic E-state index is 0.276. The molecule has 0 aliphatic rings. The minimum Gasteiger partial charge on any atom is -0.455 e. The number of hydrogen-bond acceptors (Lipinski definition) is 2. The van der Waals surface area contributed by atoms with Crippen LogP contribution in [0.15, 0.2) is 162 Å². The molecule has 2 heterocycles. The SMILES string of the molecule is [2H]C([2H])([2H])c1ccc(-c2ccc(-c3nc4cccc(F)c4n3-c3ccc(-c4ccccc4)cc3)c3oc4cc(-c5ccccc5)ccc4c23)cc1. The Balaban J connectivity index is 1.30. The van der Waals surface area contributed by atoms with Crippen molar-refractivity contribution in [2.75, 3.05) is 0 Å². The van der Waals surface area contributed by atoms with E-state index in [4.69, 9.17) is 13.5 Å². The van der Waals surface area contributed by atoms with Crippen LogP contribution in [0.1, 0.15) is 9.68 Å². The first-order chi connectivity index (χ1) is 24.8. The van der Waals surface area contributed by atoms with Crippen LogP contribution < -0.4 is 0 Å². The van der Waals surface area contributed by atoms with Crippen molar-refractivity contribution in [3.05, 3.63) is 169 Å². The monoisotopic (exact) mass is 623 g/mol. The van der Waals surface area contributed by atoms with Crippen molar-refractivity contribution in [1.29, 1.82) is 0 Å². The molecule has 48 heavy (non-hydrogen) atoms. The molecule has 228 valence electrons. The van der Waals surface area contributed by atoms with Crippen LogP contribution in [0.5, 0.6) is 0 Å². The number of imidazole rings is 1. The molecule has 3 nitrogen and oxygen atoms in total. The highest BCUT2D eigenvalue weighted by atomic mass is 19.1. The average Bonchev–Trinajstić information content (AvgIpc) is 3.75. The number of aromatic nitrogens is 2. The van der Waals surface area contributed by atoms with E-state index in [0.29, 0.717) is 33.6 Å². The van der Waals surface area contributed by atoms with Gasteiger partial charge in [-0.15, -0.1) is 0 Å². The van der Waals surface area contributed by atoms with Crippen LogP contribution in [-0.4, -0.2) is 9.55 Å². The molecule has 0 aliphatic carbocycles. The fourth-order valence-electron chi connectivity index (χ4n) is 6.71. The smallest absolute Gasteiger partial charge is 0.149 e. The van der Waals surface area contributed by atoms with Crippen molar-refractivity contribution in [2.45, 2.75) is 6.85 Å². The topological polar surface area (TPSA) is 31.0 Å². The van der Waals surface area contributed by atoms with E-state index in [9.17, 15) is 0 Å². The van der Waals surface area contributed by atoms with Gasteiger partial charge in [-0.3, -0.25) is 4.57 Å². The molecule has 0 N–H and O–H groups in total. The van der Waals surface area contributed by atoms with Crippen LogP contribution in [0.25, 0.3) is 83.4 Å². The van der Waals surface area contributed by atoms with Gasteiger partial charge in [0.2, 0.25) is 0 Å². The molecule has 2 aromatic heterocycles. The van der Waals surface area contributed by atoms with Crippen molar-refractivity contribution < 1.29 is 12.9 Å². The lowest BCUT2D eigenvalue weighted by Gasteiger charge is -2.13. The number of benzene rings is 7. The van der Waals surface area contributed by atoms with Gasteiger partial charge in [0.15, 0.2) is 0 Å². The third-order valence-corrected chi connectivity index (χ3v) is 9.02. The van der Waals surface area contributed by atoms with Gasteiger partial charge in [0.1, 0.15) is 28.3 Å². The summed E-state index contributed by atoms with van der Waals surface area (Å²) in [5.41, 5.74) is 9.90. The quantitative estimate of drug-likeness (QED) is 0.191. The molecule has 4 heteroatoms. The van der Waals surface area contributed by atoms with Crippen LogP contribution in [-0.2, 0) is 0 Å². The van der Waals surface area contributed by atoms with Crippen LogP contribution >= 0.6 is 0 Å². The highest BCUT2D eigenvalue weighted by Gasteiger charge is 2.24. The molecule has 0 fully saturated rings. The molecule has 0 spiro atoms. The van der Waals surface area contributed by atoms with Crippen molar-refractivity contribution in [1.82, 2.24) is 9.55 Å². The molecule has 0 radical (unpaired) electrons. The van der Waals surface area contributed by atoms with E-state index in [1.165, 1.54) is 6.07 Å². The summed E-state index contributed by atoms with van der Waals surface area (Å²) in [6.45, 7) is -2.21. The lowest BCUT2D eigenvalue weighted by Crippen LogP contribution is -1.99. The lowest BCUT2D eigenvalue weighted by molar-refractivity contribution is 0.634. The highest BCUT2D eigenvalue weighted by molar-refractivity contribution is 6.16. The summed E-state index contributed by atoms with van der Waals surface area (Å²) in [6, 6.07) is 50.4. The maximum Gasteiger partial charge on any atom is 0.149 e. The maximum atomic E-state index is 15.8. The highest BCUT2D eigenvalue weighted by Crippen LogP contribution is 2.44. The van der Waals surface area contributed by atoms with Crippen molar-refractivity contribution >= 4 is 33.0 Å². The van der Waals surface area contributed by atoms with E-state index in [1.54, 1.807) is 18.2 Å². The fourth-order valence-corrected chi connectivity index (χ4v) is 6.71. The second-order valence-corrected chi connectivity index (χ2v) is 11.9. The second kappa shape index (κ2) is 11.2. The van der Waals surface area contributed by atoms with Crippen LogP contribution in [0.2, 0.25) is 0 Å². The summed E-state index contributed by atoms with van der Waals surface area (Å²) in [7, 11) is 0. The number of para-hydroxylation sites is 1. The zero-order valence-corrected chi connectivity index (χ0v) is 25.7. The Morgan fingerprint density at radius 2 is 1.25 bits per heavy atom. The number of furan rings is 1. The second-order valence-electron chi connectivity index (χ2n) is 11.9. The molecule has 0 amide bonds. The average molecular weight is 624 g/mol. The summed E-state index contributed by atoms with van der Waals surface area (Å²) in [5.74, 6) is 0.164. The molecule has 0 atom stereocenters. The van der Waals surface area contributed by atoms with E-state index in [-0.39, 0.29) is 11.4 Å². The molecular weight excluding hydrogens is 591 g/mol. The number of nitrogens with zero attached hydrogens (tertiary/aromatic N) is 2. The maximum absolute atomic E-state index is 15.8. The summed E-state index contributed by atoms with van der Waals surface area (Å²) in [5, 5.41) is 1.77. The Morgan fingerprint density at radius 3 is 1.98 bits per heavy atom. The number of rotatable bonds is 5. The summed E-state index contributed by atoms with van der Waals surface area (Å²) < 4.78 is 48.0. The van der Waals surface area contributed by atoms with Gasteiger partial charge in [-0.1, -0.05) is 121 Å². The van der Waals surface area contributed by atoms with E-state index in [2.05, 4.69) is 36.4 Å². The van der Waals surface area contributed by atoms with Crippen LogP contribution in [0.3, 0.4) is 0 Å². The predicted molar refractivity (Wildman–Crippen MR) is 195 cm³/mol. The molecule has 0 bridgehead atoms. The van der Waals surface area contributed by atoms with Gasteiger partial charge in [0.05, 0.1) is 11.1 Å². The molecule has 7 aromatic carbocycles. The Morgan fingerprint density at radius 1 is 0.604 bits per heavy atom. The number of hydrogen-bond donors (Lipinski definition) is 0. The largest absolute Gasteiger partial charge is 0.455 e. The van der Waals surface area contributed by atoms with E-state index >= 15 is 4.39 Å². The molecule has 9 aromatic rings. The summed E-state index contributed by atoms with van der Waals surface area (Å²) in [4.78, 5) is 5.03. The Kier molecular flexibility index (Phi) is 5.82. The lowest BCUT2D eigenvalue weighted by atomic mass is 9.95. The first-order valence-corrected chi connectivity index (χ1v) is 15.8. The predicted octanol–water partition coefficient (Wildman–Crippen LogP) is 12.0. The van der Waals surface area contributed by atoms with Gasteiger partial charge < -0.3 is 4.42 Å². The fraction of sp³-hybridized carbons (Fsp3) is 0.0227. The van der Waals surface area contributed by atoms with E-state index < -0.39 is 6.85 Å². The Labute approximate surface area is 281 Å². The van der Waals surface area contributed by atoms with Gasteiger partial charge in [0.25, 0.3) is 0 Å². The summed E-state index contributed by atoms with van der Waals surface area (Å²) >= 11 is 0. The van der Waals surface area contributed by atoms with Crippen molar-refractivity contribution in [2.24, 2.45) is 0 Å². The third-order valence-electron chi connectivity index (χ3n) is 9.02. The third kappa shape index (κ3) is 4.61. The molecular formula is C44H29FN2O. The first kappa shape index (κ1) is 24.9. The zero-order valence-electron chi connectivity index (χ0n) is 28.7. The number of halogens is 1. The van der Waals surface area contributed by atoms with Gasteiger partial charge in [-0.2, -0.15) is 0 Å². The van der Waals surface area contributed by atoms with Crippen LogP contribution in [0, 0.1) is 12.7 Å². The molecule has 0 saturated carbocycles. The summed E-state index contributed by atoms with van der Waals surface area (Å²) in [6.07, 6.45) is 0. The van der Waals surface area contributed by atoms with E-state index in [0.717, 1.165) is 49.8 Å². The molecule has 9 rings (SSSR count). The number of fused-ring (bicyclic) bond motifs is 4. The van der Waals surface area contributed by atoms with Gasteiger partial charge in [0, 0.05) is 20.6 Å². The van der Waals surface area contributed by atoms with E-state index in [1.807, 2.05) is 102 Å². The molecule has 0 saturated heterocycles. The zero-order chi connectivity index (χ0) is 34.7. The normalized spacial score (nSPS) is 12.7. The molecule has 0 aliphatic heterocycles. The van der Waals surface area contributed by atoms with Gasteiger partial charge in [-0.25, -0.2) is 9.37 Å². The standard InChI is InChI=1S/C44H29FN2O/c1-28-15-17-32(18-16-28)35-25-26-37(43-41(35)36-24-21-33(27-40(36)48-43)30-11-6-3-7-12-30)44-46-39-14-8-13-38(45)42(39)47(44)34-22-19-31(20-23-34)29-9-4-2-5-10-29/h2-27H,1H3/i1D3. The van der Waals surface area contributed by atoms with Crippen molar-refractivity contribution in [3.63, 3.8) is 0 Å². The number of aryl methyl sites for hydroxylation is 1. The van der Waals surface area contributed by atoms with Crippen LogP contribution in [0.4, 0.5) is 4.39 Å². The Hall–Kier alpha value is -6.26. The first-order valence-electron chi connectivity index (χ1n) is 17.3.